The first-order valence-electron chi connectivity index (χ1n) is 6.91. The average Bonchev–Trinajstić information content (AvgIpc) is 2.50. The van der Waals surface area contributed by atoms with Crippen molar-refractivity contribution in [1.29, 1.82) is 0 Å². The third kappa shape index (κ3) is 4.31. The third-order valence-electron chi connectivity index (χ3n) is 3.19. The molecule has 1 aromatic carbocycles. The Morgan fingerprint density at radius 1 is 1.30 bits per heavy atom. The number of hydrogen-bond donors (Lipinski definition) is 1. The van der Waals surface area contributed by atoms with Gasteiger partial charge in [-0.15, -0.1) is 0 Å². The molecule has 0 saturated heterocycles. The zero-order valence-corrected chi connectivity index (χ0v) is 11.8. The summed E-state index contributed by atoms with van der Waals surface area (Å²) in [6.07, 6.45) is 4.23. The minimum Gasteiger partial charge on any atom is -0.469 e. The predicted octanol–water partition coefficient (Wildman–Crippen LogP) is 2.67. The van der Waals surface area contributed by atoms with E-state index in [0.717, 1.165) is 36.8 Å². The van der Waals surface area contributed by atoms with Crippen molar-refractivity contribution in [2.24, 2.45) is 0 Å². The summed E-state index contributed by atoms with van der Waals surface area (Å²) in [5, 5.41) is 4.53. The Kier molecular flexibility index (Phi) is 5.50. The molecule has 2 aromatic rings. The maximum absolute atomic E-state index is 10.9. The van der Waals surface area contributed by atoms with Gasteiger partial charge in [0, 0.05) is 24.5 Å². The molecule has 0 aliphatic heterocycles. The third-order valence-corrected chi connectivity index (χ3v) is 3.19. The highest BCUT2D eigenvalue weighted by Gasteiger charge is 2.00. The van der Waals surface area contributed by atoms with Crippen LogP contribution in [0, 0.1) is 0 Å². The number of pyridine rings is 1. The minimum atomic E-state index is -0.135. The quantitative estimate of drug-likeness (QED) is 0.622. The van der Waals surface area contributed by atoms with Crippen molar-refractivity contribution < 1.29 is 9.53 Å². The SMILES string of the molecule is COC(=O)CCCCNCc1cnc2ccccc2c1. The van der Waals surface area contributed by atoms with E-state index in [1.54, 1.807) is 0 Å². The van der Waals surface area contributed by atoms with Crippen LogP contribution in [0.4, 0.5) is 0 Å². The first kappa shape index (κ1) is 14.5. The van der Waals surface area contributed by atoms with E-state index in [2.05, 4.69) is 27.2 Å². The lowest BCUT2D eigenvalue weighted by molar-refractivity contribution is -0.140. The molecule has 106 valence electrons. The molecule has 0 aliphatic rings. The van der Waals surface area contributed by atoms with Crippen LogP contribution in [0.15, 0.2) is 36.5 Å². The van der Waals surface area contributed by atoms with Crippen LogP contribution in [0.1, 0.15) is 24.8 Å². The molecule has 0 saturated carbocycles. The van der Waals surface area contributed by atoms with E-state index in [-0.39, 0.29) is 5.97 Å². The number of esters is 1. The van der Waals surface area contributed by atoms with E-state index >= 15 is 0 Å². The number of para-hydroxylation sites is 1. The van der Waals surface area contributed by atoms with Gasteiger partial charge in [0.05, 0.1) is 12.6 Å². The number of unbranched alkanes of at least 4 members (excludes halogenated alkanes) is 1. The van der Waals surface area contributed by atoms with Crippen LogP contribution in [0.2, 0.25) is 0 Å². The molecule has 0 radical (unpaired) electrons. The molecule has 4 nitrogen and oxygen atoms in total. The maximum atomic E-state index is 10.9. The number of fused-ring (bicyclic) bond motifs is 1. The normalized spacial score (nSPS) is 10.7. The van der Waals surface area contributed by atoms with Gasteiger partial charge in [-0.25, -0.2) is 0 Å². The lowest BCUT2D eigenvalue weighted by Crippen LogP contribution is -2.15. The number of carbonyl (C=O) groups is 1. The van der Waals surface area contributed by atoms with Gasteiger partial charge in [-0.2, -0.15) is 0 Å². The van der Waals surface area contributed by atoms with E-state index in [4.69, 9.17) is 0 Å². The predicted molar refractivity (Wildman–Crippen MR) is 79.3 cm³/mol. The number of rotatable bonds is 7. The molecule has 0 bridgehead atoms. The van der Waals surface area contributed by atoms with Gasteiger partial charge < -0.3 is 10.1 Å². The molecule has 1 aromatic heterocycles. The molecule has 1 N–H and O–H groups in total. The second-order valence-corrected chi connectivity index (χ2v) is 4.75. The number of ether oxygens (including phenoxy) is 1. The number of carbonyl (C=O) groups excluding carboxylic acids is 1. The van der Waals surface area contributed by atoms with Crippen LogP contribution in [-0.4, -0.2) is 24.6 Å². The van der Waals surface area contributed by atoms with Gasteiger partial charge in [0.2, 0.25) is 0 Å². The summed E-state index contributed by atoms with van der Waals surface area (Å²) in [5.41, 5.74) is 2.20. The fraction of sp³-hybridized carbons (Fsp3) is 0.375. The van der Waals surface area contributed by atoms with E-state index in [9.17, 15) is 4.79 Å². The molecular weight excluding hydrogens is 252 g/mol. The average molecular weight is 272 g/mol. The number of nitrogens with one attached hydrogen (secondary N) is 1. The van der Waals surface area contributed by atoms with Crippen LogP contribution in [0.5, 0.6) is 0 Å². The Morgan fingerprint density at radius 2 is 2.15 bits per heavy atom. The van der Waals surface area contributed by atoms with Gasteiger partial charge in [0.15, 0.2) is 0 Å². The highest BCUT2D eigenvalue weighted by atomic mass is 16.5. The smallest absolute Gasteiger partial charge is 0.305 e. The van der Waals surface area contributed by atoms with E-state index in [0.29, 0.717) is 6.42 Å². The Labute approximate surface area is 119 Å². The number of methoxy groups -OCH3 is 1. The Balaban J connectivity index is 1.72. The van der Waals surface area contributed by atoms with Crippen molar-refractivity contribution >= 4 is 16.9 Å². The Hall–Kier alpha value is -1.94. The summed E-state index contributed by atoms with van der Waals surface area (Å²) in [5.74, 6) is -0.135. The Morgan fingerprint density at radius 3 is 3.00 bits per heavy atom. The monoisotopic (exact) mass is 272 g/mol. The van der Waals surface area contributed by atoms with Crippen LogP contribution >= 0.6 is 0 Å². The van der Waals surface area contributed by atoms with Gasteiger partial charge in [-0.05, 0) is 37.1 Å². The van der Waals surface area contributed by atoms with Crippen molar-refractivity contribution in [2.75, 3.05) is 13.7 Å². The van der Waals surface area contributed by atoms with E-state index < -0.39 is 0 Å². The number of hydrogen-bond acceptors (Lipinski definition) is 4. The van der Waals surface area contributed by atoms with Crippen molar-refractivity contribution in [2.45, 2.75) is 25.8 Å². The summed E-state index contributed by atoms with van der Waals surface area (Å²) < 4.78 is 4.60. The number of benzene rings is 1. The highest BCUT2D eigenvalue weighted by Crippen LogP contribution is 2.12. The summed E-state index contributed by atoms with van der Waals surface area (Å²) in [7, 11) is 1.42. The number of aromatic nitrogens is 1. The molecule has 0 atom stereocenters. The summed E-state index contributed by atoms with van der Waals surface area (Å²) >= 11 is 0. The second kappa shape index (κ2) is 7.60. The summed E-state index contributed by atoms with van der Waals surface area (Å²) in [4.78, 5) is 15.4. The summed E-state index contributed by atoms with van der Waals surface area (Å²) in [6.45, 7) is 1.69. The molecule has 0 fully saturated rings. The number of nitrogens with zero attached hydrogens (tertiary/aromatic N) is 1. The van der Waals surface area contributed by atoms with Gasteiger partial charge in [-0.1, -0.05) is 18.2 Å². The molecule has 0 spiro atoms. The molecule has 0 amide bonds. The fourth-order valence-electron chi connectivity index (χ4n) is 2.07. The van der Waals surface area contributed by atoms with Crippen molar-refractivity contribution in [1.82, 2.24) is 10.3 Å². The van der Waals surface area contributed by atoms with Gasteiger partial charge in [0.25, 0.3) is 0 Å². The molecule has 1 heterocycles. The van der Waals surface area contributed by atoms with Crippen LogP contribution < -0.4 is 5.32 Å². The molecular formula is C16H20N2O2. The van der Waals surface area contributed by atoms with Gasteiger partial charge in [-0.3, -0.25) is 9.78 Å². The van der Waals surface area contributed by atoms with Gasteiger partial charge in [0.1, 0.15) is 0 Å². The van der Waals surface area contributed by atoms with Crippen molar-refractivity contribution in [3.8, 4) is 0 Å². The van der Waals surface area contributed by atoms with Crippen LogP contribution in [-0.2, 0) is 16.1 Å². The van der Waals surface area contributed by atoms with Crippen molar-refractivity contribution in [3.63, 3.8) is 0 Å². The molecule has 0 aliphatic carbocycles. The maximum Gasteiger partial charge on any atom is 0.305 e. The Bertz CT molecular complexity index is 569. The fourth-order valence-corrected chi connectivity index (χ4v) is 2.07. The van der Waals surface area contributed by atoms with Crippen molar-refractivity contribution in [3.05, 3.63) is 42.1 Å². The second-order valence-electron chi connectivity index (χ2n) is 4.75. The lowest BCUT2D eigenvalue weighted by atomic mass is 10.1. The molecule has 2 rings (SSSR count). The molecule has 0 unspecified atom stereocenters. The van der Waals surface area contributed by atoms with E-state index in [1.165, 1.54) is 12.7 Å². The standard InChI is InChI=1S/C16H20N2O2/c1-20-16(19)8-4-5-9-17-11-13-10-14-6-2-3-7-15(14)18-12-13/h2-3,6-7,10,12,17H,4-5,8-9,11H2,1H3. The van der Waals surface area contributed by atoms with Crippen LogP contribution in [0.25, 0.3) is 10.9 Å². The van der Waals surface area contributed by atoms with E-state index in [1.807, 2.05) is 24.4 Å². The summed E-state index contributed by atoms with van der Waals surface area (Å²) in [6, 6.07) is 10.3. The molecule has 20 heavy (non-hydrogen) atoms. The largest absolute Gasteiger partial charge is 0.469 e. The topological polar surface area (TPSA) is 51.2 Å². The molecule has 4 heteroatoms. The first-order chi connectivity index (χ1) is 9.79. The zero-order chi connectivity index (χ0) is 14.2. The first-order valence-corrected chi connectivity index (χ1v) is 6.91. The minimum absolute atomic E-state index is 0.135. The zero-order valence-electron chi connectivity index (χ0n) is 11.8. The van der Waals surface area contributed by atoms with Crippen LogP contribution in [0.3, 0.4) is 0 Å². The van der Waals surface area contributed by atoms with Gasteiger partial charge >= 0.3 is 5.97 Å². The lowest BCUT2D eigenvalue weighted by Gasteiger charge is -2.05. The highest BCUT2D eigenvalue weighted by molar-refractivity contribution is 5.78.